The Morgan fingerprint density at radius 1 is 1.19 bits per heavy atom. The largest absolute Gasteiger partial charge is 1.00 e. The lowest BCUT2D eigenvalue weighted by atomic mass is 9.98. The zero-order valence-corrected chi connectivity index (χ0v) is 21.3. The molecule has 4 rings (SSSR count). The van der Waals surface area contributed by atoms with E-state index in [1.54, 1.807) is 24.3 Å². The van der Waals surface area contributed by atoms with Crippen molar-refractivity contribution in [3.8, 4) is 0 Å². The number of amides is 3. The van der Waals surface area contributed by atoms with Crippen LogP contribution in [0.3, 0.4) is 0 Å². The minimum atomic E-state index is -0.485. The number of fused-ring (bicyclic) bond motifs is 1. The van der Waals surface area contributed by atoms with Crippen molar-refractivity contribution in [1.29, 1.82) is 0 Å². The Bertz CT molecular complexity index is 959. The van der Waals surface area contributed by atoms with Crippen molar-refractivity contribution in [1.82, 2.24) is 0 Å². The highest BCUT2D eigenvalue weighted by Gasteiger charge is 2.36. The first-order valence-electron chi connectivity index (χ1n) is 10.4. The number of benzene rings is 1. The summed E-state index contributed by atoms with van der Waals surface area (Å²) < 4.78 is 0.993. The Labute approximate surface area is 209 Å². The Morgan fingerprint density at radius 2 is 1.87 bits per heavy atom. The second-order valence-corrected chi connectivity index (χ2v) is 10.3. The molecular weight excluding hydrogens is 547 g/mol. The molecule has 0 saturated heterocycles. The number of carbonyl (C=O) groups excluding carboxylic acids is 2. The van der Waals surface area contributed by atoms with Gasteiger partial charge in [-0.15, -0.1) is 11.3 Å². The van der Waals surface area contributed by atoms with Crippen LogP contribution in [0, 0.1) is 5.92 Å². The number of hydrogen-bond donors (Lipinski definition) is 3. The van der Waals surface area contributed by atoms with Gasteiger partial charge in [0.15, 0.2) is 0 Å². The van der Waals surface area contributed by atoms with E-state index in [9.17, 15) is 9.59 Å². The molecular formula is C22H28ClIN4O2S. The number of carbonyl (C=O) groups is 2. The molecule has 3 amide bonds. The quantitative estimate of drug-likeness (QED) is 0.376. The molecule has 1 unspecified atom stereocenters. The first-order chi connectivity index (χ1) is 14.3. The zero-order valence-electron chi connectivity index (χ0n) is 17.5. The number of primary amides is 1. The summed E-state index contributed by atoms with van der Waals surface area (Å²) >= 11 is 7.37. The molecule has 168 valence electrons. The Balaban J connectivity index is 0.00000272. The Hall–Kier alpha value is -1.36. The molecule has 0 bridgehead atoms. The van der Waals surface area contributed by atoms with Gasteiger partial charge in [0.2, 0.25) is 0 Å². The highest BCUT2D eigenvalue weighted by Crippen LogP contribution is 2.40. The van der Waals surface area contributed by atoms with Gasteiger partial charge in [0.1, 0.15) is 11.5 Å². The molecule has 2 aliphatic rings. The lowest BCUT2D eigenvalue weighted by Gasteiger charge is -2.39. The number of nitrogens with zero attached hydrogens (tertiary/aromatic N) is 1. The number of nitrogens with two attached hydrogens (primary N) is 1. The number of hydrogen-bond acceptors (Lipinski definition) is 3. The zero-order chi connectivity index (χ0) is 21.3. The Morgan fingerprint density at radius 3 is 2.52 bits per heavy atom. The number of nitrogens with one attached hydrogen (secondary N) is 2. The number of likely N-dealkylation sites (N-methyl/N-ethyl adjacent to an activating group) is 1. The SMILES string of the molecule is C[N+]1(CC2CCCC2)CCc2c(sc(NC(=O)Nc3ccc(Cl)cc3)c2C(N)=O)C1.[I-]. The fraction of sp³-hybridized carbons (Fsp3) is 0.455. The van der Waals surface area contributed by atoms with Gasteiger partial charge < -0.3 is 39.5 Å². The van der Waals surface area contributed by atoms with Gasteiger partial charge in [-0.2, -0.15) is 0 Å². The second-order valence-electron chi connectivity index (χ2n) is 8.74. The topological polar surface area (TPSA) is 84.2 Å². The fourth-order valence-corrected chi connectivity index (χ4v) is 6.38. The summed E-state index contributed by atoms with van der Waals surface area (Å²) in [6.45, 7) is 3.07. The third kappa shape index (κ3) is 5.71. The van der Waals surface area contributed by atoms with Crippen molar-refractivity contribution in [2.45, 2.75) is 38.6 Å². The van der Waals surface area contributed by atoms with Crippen LogP contribution in [-0.4, -0.2) is 36.6 Å². The lowest BCUT2D eigenvalue weighted by molar-refractivity contribution is -0.927. The predicted octanol–water partition coefficient (Wildman–Crippen LogP) is 1.84. The van der Waals surface area contributed by atoms with Gasteiger partial charge in [-0.1, -0.05) is 24.4 Å². The lowest BCUT2D eigenvalue weighted by Crippen LogP contribution is -3.00. The summed E-state index contributed by atoms with van der Waals surface area (Å²) in [5.41, 5.74) is 7.81. The summed E-state index contributed by atoms with van der Waals surface area (Å²) in [4.78, 5) is 25.9. The van der Waals surface area contributed by atoms with Crippen LogP contribution in [0.5, 0.6) is 0 Å². The third-order valence-corrected chi connectivity index (χ3v) is 7.65. The van der Waals surface area contributed by atoms with Gasteiger partial charge in [-0.3, -0.25) is 10.1 Å². The summed E-state index contributed by atoms with van der Waals surface area (Å²) in [6, 6.07) is 6.46. The van der Waals surface area contributed by atoms with Crippen LogP contribution in [0.15, 0.2) is 24.3 Å². The van der Waals surface area contributed by atoms with E-state index in [0.717, 1.165) is 40.4 Å². The van der Waals surface area contributed by atoms with Crippen LogP contribution < -0.4 is 40.3 Å². The van der Waals surface area contributed by atoms with E-state index in [1.165, 1.54) is 43.6 Å². The van der Waals surface area contributed by atoms with Gasteiger partial charge in [0, 0.05) is 23.0 Å². The maximum atomic E-state index is 12.5. The molecule has 9 heteroatoms. The first-order valence-corrected chi connectivity index (χ1v) is 11.6. The van der Waals surface area contributed by atoms with E-state index in [0.29, 0.717) is 21.3 Å². The molecule has 1 aromatic heterocycles. The van der Waals surface area contributed by atoms with E-state index >= 15 is 0 Å². The Kier molecular flexibility index (Phi) is 7.88. The van der Waals surface area contributed by atoms with Crippen LogP contribution in [-0.2, 0) is 13.0 Å². The van der Waals surface area contributed by atoms with Crippen molar-refractivity contribution in [2.75, 3.05) is 30.8 Å². The maximum Gasteiger partial charge on any atom is 0.324 e. The number of anilines is 2. The van der Waals surface area contributed by atoms with Gasteiger partial charge in [0.05, 0.1) is 30.6 Å². The van der Waals surface area contributed by atoms with Gasteiger partial charge in [-0.25, -0.2) is 4.79 Å². The second kappa shape index (κ2) is 10.1. The van der Waals surface area contributed by atoms with Crippen molar-refractivity contribution in [3.05, 3.63) is 45.3 Å². The summed E-state index contributed by atoms with van der Waals surface area (Å²) in [5.74, 6) is 0.316. The molecule has 4 N–H and O–H groups in total. The molecule has 1 saturated carbocycles. The van der Waals surface area contributed by atoms with Gasteiger partial charge >= 0.3 is 6.03 Å². The third-order valence-electron chi connectivity index (χ3n) is 6.27. The van der Waals surface area contributed by atoms with Crippen molar-refractivity contribution >= 4 is 45.6 Å². The molecule has 2 heterocycles. The minimum Gasteiger partial charge on any atom is -1.00 e. The minimum absolute atomic E-state index is 0. The van der Waals surface area contributed by atoms with E-state index in [1.807, 2.05) is 0 Å². The number of halogens is 2. The van der Waals surface area contributed by atoms with Crippen LogP contribution in [0.25, 0.3) is 0 Å². The molecule has 2 aromatic rings. The predicted molar refractivity (Wildman–Crippen MR) is 122 cm³/mol. The summed E-state index contributed by atoms with van der Waals surface area (Å²) in [6.07, 6.45) is 6.16. The number of thiophene rings is 1. The van der Waals surface area contributed by atoms with Crippen molar-refractivity contribution in [3.63, 3.8) is 0 Å². The van der Waals surface area contributed by atoms with Crippen LogP contribution >= 0.6 is 22.9 Å². The molecule has 1 fully saturated rings. The summed E-state index contributed by atoms with van der Waals surface area (Å²) in [7, 11) is 2.31. The monoisotopic (exact) mass is 574 g/mol. The number of rotatable bonds is 5. The standard InChI is InChI=1S/C22H27ClN4O2S.HI/c1-27(12-14-4-2-3-5-14)11-10-17-18(13-27)30-21(19(17)20(24)28)26-22(29)25-16-8-6-15(23)7-9-16;/h6-9,14H,2-5,10-13H2,1H3,(H3-,24,25,26,28,29);1H. The van der Waals surface area contributed by atoms with E-state index in [-0.39, 0.29) is 24.0 Å². The number of urea groups is 1. The molecule has 0 spiro atoms. The van der Waals surface area contributed by atoms with Crippen LogP contribution in [0.4, 0.5) is 15.5 Å². The smallest absolute Gasteiger partial charge is 0.324 e. The molecule has 0 radical (unpaired) electrons. The van der Waals surface area contributed by atoms with Crippen LogP contribution in [0.2, 0.25) is 5.02 Å². The van der Waals surface area contributed by atoms with Crippen molar-refractivity contribution in [2.24, 2.45) is 11.7 Å². The van der Waals surface area contributed by atoms with E-state index in [4.69, 9.17) is 17.3 Å². The first kappa shape index (κ1) is 24.3. The molecule has 1 aliphatic carbocycles. The average Bonchev–Trinajstić information content (AvgIpc) is 3.30. The van der Waals surface area contributed by atoms with E-state index in [2.05, 4.69) is 17.7 Å². The van der Waals surface area contributed by atoms with Gasteiger partial charge in [-0.05, 0) is 42.7 Å². The van der Waals surface area contributed by atoms with Crippen LogP contribution in [0.1, 0.15) is 46.5 Å². The normalized spacial score (nSPS) is 20.6. The molecule has 1 aromatic carbocycles. The van der Waals surface area contributed by atoms with Gasteiger partial charge in [0.25, 0.3) is 5.91 Å². The molecule has 1 atom stereocenters. The molecule has 31 heavy (non-hydrogen) atoms. The number of quaternary nitrogens is 1. The summed E-state index contributed by atoms with van der Waals surface area (Å²) in [5, 5.41) is 6.75. The van der Waals surface area contributed by atoms with Crippen molar-refractivity contribution < 1.29 is 38.0 Å². The average molecular weight is 575 g/mol. The fourth-order valence-electron chi connectivity index (χ4n) is 4.83. The van der Waals surface area contributed by atoms with E-state index < -0.39 is 11.9 Å². The highest BCUT2D eigenvalue weighted by molar-refractivity contribution is 7.17. The molecule has 1 aliphatic heterocycles. The maximum absolute atomic E-state index is 12.5. The molecule has 6 nitrogen and oxygen atoms in total. The highest BCUT2D eigenvalue weighted by atomic mass is 127.